The molecule has 1 N–H and O–H groups in total. The van der Waals surface area contributed by atoms with E-state index in [4.69, 9.17) is 4.74 Å². The zero-order valence-electron chi connectivity index (χ0n) is 19.4. The van der Waals surface area contributed by atoms with Gasteiger partial charge in [0.05, 0.1) is 22.5 Å². The number of sulfonamides is 1. The maximum absolute atomic E-state index is 13.2. The van der Waals surface area contributed by atoms with E-state index in [0.717, 1.165) is 5.56 Å². The number of hydrogen-bond acceptors (Lipinski definition) is 5. The largest absolute Gasteiger partial charge is 0.481 e. The van der Waals surface area contributed by atoms with Gasteiger partial charge in [0.15, 0.2) is 0 Å². The Kier molecular flexibility index (Phi) is 6.80. The summed E-state index contributed by atoms with van der Waals surface area (Å²) in [5.41, 5.74) is -0.0259. The van der Waals surface area contributed by atoms with Crippen LogP contribution in [0.1, 0.15) is 42.6 Å². The quantitative estimate of drug-likeness (QED) is 0.697. The van der Waals surface area contributed by atoms with Crippen molar-refractivity contribution < 1.29 is 27.9 Å². The van der Waals surface area contributed by atoms with Gasteiger partial charge in [0.1, 0.15) is 0 Å². The number of carbonyl (C=O) groups excluding carboxylic acids is 1. The Labute approximate surface area is 200 Å². The second kappa shape index (κ2) is 9.48. The molecule has 182 valence electrons. The third kappa shape index (κ3) is 4.60. The van der Waals surface area contributed by atoms with Gasteiger partial charge in [-0.3, -0.25) is 9.59 Å². The van der Waals surface area contributed by atoms with Crippen LogP contribution in [0.3, 0.4) is 0 Å². The van der Waals surface area contributed by atoms with Crippen LogP contribution in [0.5, 0.6) is 0 Å². The highest BCUT2D eigenvalue weighted by molar-refractivity contribution is 7.89. The minimum absolute atomic E-state index is 0.0702. The molecule has 0 spiro atoms. The minimum Gasteiger partial charge on any atom is -0.481 e. The van der Waals surface area contributed by atoms with Gasteiger partial charge in [0, 0.05) is 31.7 Å². The third-order valence-electron chi connectivity index (χ3n) is 6.74. The molecule has 0 bridgehead atoms. The summed E-state index contributed by atoms with van der Waals surface area (Å²) in [5.74, 6) is -1.19. The lowest BCUT2D eigenvalue weighted by molar-refractivity contribution is -0.145. The highest BCUT2D eigenvalue weighted by atomic mass is 32.2. The maximum Gasteiger partial charge on any atom is 0.314 e. The Morgan fingerprint density at radius 2 is 1.59 bits per heavy atom. The number of morpholine rings is 1. The van der Waals surface area contributed by atoms with E-state index in [-0.39, 0.29) is 54.8 Å². The number of likely N-dealkylation sites (tertiary alicyclic amines) is 1. The van der Waals surface area contributed by atoms with Crippen LogP contribution in [0.15, 0.2) is 59.5 Å². The molecule has 0 aromatic heterocycles. The lowest BCUT2D eigenvalue weighted by atomic mass is 9.73. The van der Waals surface area contributed by atoms with E-state index >= 15 is 0 Å². The van der Waals surface area contributed by atoms with Crippen molar-refractivity contribution in [1.82, 2.24) is 9.21 Å². The topological polar surface area (TPSA) is 104 Å². The minimum atomic E-state index is -3.78. The fourth-order valence-corrected chi connectivity index (χ4v) is 6.56. The van der Waals surface area contributed by atoms with Crippen LogP contribution in [0.2, 0.25) is 0 Å². The van der Waals surface area contributed by atoms with E-state index in [1.54, 1.807) is 17.0 Å². The van der Waals surface area contributed by atoms with Crippen LogP contribution >= 0.6 is 0 Å². The fraction of sp³-hybridized carbons (Fsp3) is 0.440. The number of hydrogen-bond donors (Lipinski definition) is 1. The number of carbonyl (C=O) groups is 2. The summed E-state index contributed by atoms with van der Waals surface area (Å²) in [6.07, 6.45) is 0.158. The van der Waals surface area contributed by atoms with Gasteiger partial charge in [0.25, 0.3) is 5.91 Å². The zero-order chi connectivity index (χ0) is 24.5. The molecule has 9 heteroatoms. The first kappa shape index (κ1) is 24.4. The number of aliphatic carboxylic acids is 1. The number of benzene rings is 2. The number of rotatable bonds is 5. The lowest BCUT2D eigenvalue weighted by Crippen LogP contribution is -2.49. The van der Waals surface area contributed by atoms with Crippen molar-refractivity contribution in [1.29, 1.82) is 0 Å². The van der Waals surface area contributed by atoms with Crippen LogP contribution in [0.25, 0.3) is 0 Å². The monoisotopic (exact) mass is 486 g/mol. The standard InChI is InChI=1S/C25H30N2O6S/c1-18-16-27(17-19(2)33-18)34(31,32)22-10-6-7-20(15-22)23(28)26-13-11-25(12-14-26,24(29)30)21-8-4-3-5-9-21/h3-10,15,18-19H,11-14,16-17H2,1-2H3,(H,29,30). The predicted molar refractivity (Wildman–Crippen MR) is 126 cm³/mol. The van der Waals surface area contributed by atoms with Crippen molar-refractivity contribution in [3.05, 3.63) is 65.7 Å². The van der Waals surface area contributed by atoms with Gasteiger partial charge in [0.2, 0.25) is 10.0 Å². The van der Waals surface area contributed by atoms with E-state index in [1.807, 2.05) is 44.2 Å². The third-order valence-corrected chi connectivity index (χ3v) is 8.57. The molecular weight excluding hydrogens is 456 g/mol. The number of piperidine rings is 1. The first-order valence-electron chi connectivity index (χ1n) is 11.5. The zero-order valence-corrected chi connectivity index (χ0v) is 20.2. The molecule has 2 fully saturated rings. The van der Waals surface area contributed by atoms with Crippen molar-refractivity contribution >= 4 is 21.9 Å². The van der Waals surface area contributed by atoms with Crippen molar-refractivity contribution in [2.24, 2.45) is 0 Å². The van der Waals surface area contributed by atoms with Crippen molar-refractivity contribution in [3.63, 3.8) is 0 Å². The molecule has 0 radical (unpaired) electrons. The van der Waals surface area contributed by atoms with E-state index in [0.29, 0.717) is 12.8 Å². The average molecular weight is 487 g/mol. The van der Waals surface area contributed by atoms with Crippen LogP contribution in [0.4, 0.5) is 0 Å². The number of nitrogens with zero attached hydrogens (tertiary/aromatic N) is 2. The van der Waals surface area contributed by atoms with E-state index in [2.05, 4.69) is 0 Å². The highest BCUT2D eigenvalue weighted by Gasteiger charge is 2.44. The second-order valence-electron chi connectivity index (χ2n) is 9.15. The summed E-state index contributed by atoms with van der Waals surface area (Å²) in [6.45, 7) is 4.73. The average Bonchev–Trinajstić information content (AvgIpc) is 2.83. The molecular formula is C25H30N2O6S. The molecule has 2 aromatic rings. The van der Waals surface area contributed by atoms with Crippen molar-refractivity contribution in [3.8, 4) is 0 Å². The Hall–Kier alpha value is -2.75. The summed E-state index contributed by atoms with van der Waals surface area (Å²) in [5, 5.41) is 9.99. The van der Waals surface area contributed by atoms with Crippen LogP contribution in [0, 0.1) is 0 Å². The predicted octanol–water partition coefficient (Wildman–Crippen LogP) is 2.74. The maximum atomic E-state index is 13.2. The molecule has 2 aliphatic rings. The van der Waals surface area contributed by atoms with Crippen molar-refractivity contribution in [2.45, 2.75) is 49.2 Å². The van der Waals surface area contributed by atoms with Gasteiger partial charge >= 0.3 is 5.97 Å². The first-order valence-corrected chi connectivity index (χ1v) is 12.9. The highest BCUT2D eigenvalue weighted by Crippen LogP contribution is 2.36. The Morgan fingerprint density at radius 1 is 0.971 bits per heavy atom. The van der Waals surface area contributed by atoms with E-state index in [9.17, 15) is 23.1 Å². The molecule has 2 atom stereocenters. The lowest BCUT2D eigenvalue weighted by Gasteiger charge is -2.39. The van der Waals surface area contributed by atoms with E-state index in [1.165, 1.54) is 16.4 Å². The van der Waals surface area contributed by atoms with Gasteiger partial charge < -0.3 is 14.7 Å². The van der Waals surface area contributed by atoms with Gasteiger partial charge in [-0.2, -0.15) is 4.31 Å². The van der Waals surface area contributed by atoms with Gasteiger partial charge in [-0.1, -0.05) is 36.4 Å². The molecule has 8 nitrogen and oxygen atoms in total. The van der Waals surface area contributed by atoms with Crippen LogP contribution in [-0.4, -0.2) is 73.0 Å². The second-order valence-corrected chi connectivity index (χ2v) is 11.1. The molecule has 2 aliphatic heterocycles. The molecule has 0 saturated carbocycles. The summed E-state index contributed by atoms with van der Waals surface area (Å²) in [4.78, 5) is 27.1. The van der Waals surface area contributed by atoms with Gasteiger partial charge in [-0.25, -0.2) is 8.42 Å². The molecule has 4 rings (SSSR count). The summed E-state index contributed by atoms with van der Waals surface area (Å²) >= 11 is 0. The molecule has 2 saturated heterocycles. The van der Waals surface area contributed by atoms with Gasteiger partial charge in [-0.05, 0) is 50.5 Å². The SMILES string of the molecule is CC1CN(S(=O)(=O)c2cccc(C(=O)N3CCC(C(=O)O)(c4ccccc4)CC3)c2)CC(C)O1. The molecule has 1 amide bonds. The molecule has 2 unspecified atom stereocenters. The number of amides is 1. The fourth-order valence-electron chi connectivity index (χ4n) is 4.92. The molecule has 34 heavy (non-hydrogen) atoms. The van der Waals surface area contributed by atoms with Crippen LogP contribution in [-0.2, 0) is 25.0 Å². The summed E-state index contributed by atoms with van der Waals surface area (Å²) in [6, 6.07) is 15.2. The number of carboxylic acids is 1. The molecule has 0 aliphatic carbocycles. The molecule has 2 aromatic carbocycles. The normalized spacial score (nSPS) is 23.4. The number of carboxylic acid groups (broad SMARTS) is 1. The molecule has 2 heterocycles. The summed E-state index contributed by atoms with van der Waals surface area (Å²) < 4.78 is 33.5. The smallest absolute Gasteiger partial charge is 0.314 e. The Balaban J connectivity index is 1.52. The van der Waals surface area contributed by atoms with E-state index < -0.39 is 21.4 Å². The van der Waals surface area contributed by atoms with Gasteiger partial charge in [-0.15, -0.1) is 0 Å². The van der Waals surface area contributed by atoms with Crippen molar-refractivity contribution in [2.75, 3.05) is 26.2 Å². The van der Waals surface area contributed by atoms with Crippen LogP contribution < -0.4 is 0 Å². The summed E-state index contributed by atoms with van der Waals surface area (Å²) in [7, 11) is -3.78. The Morgan fingerprint density at radius 3 is 2.18 bits per heavy atom. The Bertz CT molecular complexity index is 1150. The first-order chi connectivity index (χ1) is 16.1. The number of ether oxygens (including phenoxy) is 1.